The molecule has 3 fully saturated rings. The first-order chi connectivity index (χ1) is 14.1. The van der Waals surface area contributed by atoms with Crippen LogP contribution in [-0.4, -0.2) is 58.0 Å². The molecule has 164 valence electrons. The van der Waals surface area contributed by atoms with Crippen molar-refractivity contribution in [3.05, 3.63) is 34.6 Å². The van der Waals surface area contributed by atoms with Crippen LogP contribution in [0.25, 0.3) is 0 Å². The quantitative estimate of drug-likeness (QED) is 0.700. The van der Waals surface area contributed by atoms with E-state index in [4.69, 9.17) is 21.1 Å². The zero-order valence-corrected chi connectivity index (χ0v) is 17.7. The highest BCUT2D eigenvalue weighted by Crippen LogP contribution is 2.40. The normalized spacial score (nSPS) is 32.9. The Labute approximate surface area is 179 Å². The van der Waals surface area contributed by atoms with Gasteiger partial charge in [0.2, 0.25) is 5.60 Å². The van der Waals surface area contributed by atoms with Crippen LogP contribution in [0.15, 0.2) is 18.2 Å². The number of benzene rings is 1. The van der Waals surface area contributed by atoms with Gasteiger partial charge < -0.3 is 24.8 Å². The molecular formula is C21H26ClFN2O5. The summed E-state index contributed by atoms with van der Waals surface area (Å²) in [6.45, 7) is 3.89. The molecule has 1 saturated carbocycles. The number of amides is 2. The molecule has 1 aliphatic carbocycles. The first-order valence-electron chi connectivity index (χ1n) is 10.2. The number of carbonyl (C=O) groups is 2. The number of hydrogen-bond acceptors (Lipinski definition) is 5. The van der Waals surface area contributed by atoms with Crippen molar-refractivity contribution < 1.29 is 28.6 Å². The van der Waals surface area contributed by atoms with E-state index in [2.05, 4.69) is 5.32 Å². The van der Waals surface area contributed by atoms with E-state index in [0.29, 0.717) is 5.56 Å². The summed E-state index contributed by atoms with van der Waals surface area (Å²) in [4.78, 5) is 27.3. The summed E-state index contributed by atoms with van der Waals surface area (Å²) >= 11 is 5.83. The summed E-state index contributed by atoms with van der Waals surface area (Å²) < 4.78 is 25.5. The molecule has 2 saturated heterocycles. The van der Waals surface area contributed by atoms with Gasteiger partial charge >= 0.3 is 0 Å². The van der Waals surface area contributed by atoms with Crippen molar-refractivity contribution in [2.24, 2.45) is 0 Å². The number of nitrogens with one attached hydrogen (secondary N) is 1. The van der Waals surface area contributed by atoms with Gasteiger partial charge in [0, 0.05) is 24.5 Å². The summed E-state index contributed by atoms with van der Waals surface area (Å²) in [5, 5.41) is 13.6. The van der Waals surface area contributed by atoms with Crippen LogP contribution in [-0.2, 0) is 25.6 Å². The van der Waals surface area contributed by atoms with Crippen LogP contribution in [0.1, 0.15) is 45.1 Å². The predicted octanol–water partition coefficient (Wildman–Crippen LogP) is 2.13. The third-order valence-corrected chi connectivity index (χ3v) is 6.29. The molecule has 4 atom stereocenters. The monoisotopic (exact) mass is 440 g/mol. The van der Waals surface area contributed by atoms with Crippen LogP contribution >= 0.6 is 11.6 Å². The lowest BCUT2D eigenvalue weighted by Gasteiger charge is -2.37. The minimum Gasteiger partial charge on any atom is -0.372 e. The van der Waals surface area contributed by atoms with E-state index in [1.807, 2.05) is 13.8 Å². The number of nitrogens with zero attached hydrogens (tertiary/aromatic N) is 1. The summed E-state index contributed by atoms with van der Waals surface area (Å²) in [6.07, 6.45) is 2.06. The number of carbonyl (C=O) groups excluding carboxylic acids is 2. The molecule has 1 aromatic carbocycles. The number of fused-ring (bicyclic) bond motifs is 1. The van der Waals surface area contributed by atoms with Gasteiger partial charge in [-0.05, 0) is 56.9 Å². The first-order valence-corrected chi connectivity index (χ1v) is 10.6. The van der Waals surface area contributed by atoms with Crippen molar-refractivity contribution in [1.82, 2.24) is 10.2 Å². The molecule has 4 rings (SSSR count). The molecule has 9 heteroatoms. The third-order valence-electron chi connectivity index (χ3n) is 6.07. The fraction of sp³-hybridized carbons (Fsp3) is 0.619. The highest BCUT2D eigenvalue weighted by molar-refractivity contribution is 6.30. The van der Waals surface area contributed by atoms with E-state index < -0.39 is 29.0 Å². The van der Waals surface area contributed by atoms with Crippen LogP contribution in [0.5, 0.6) is 0 Å². The SMILES string of the molecule is CC1(C)O[C@H]2[C@H](CCC[C@@H]2N2CCC(O)(C(=O)NCc3cc(F)cc(Cl)c3)C2=O)O1. The first kappa shape index (κ1) is 21.5. The highest BCUT2D eigenvalue weighted by Gasteiger charge is 2.57. The van der Waals surface area contributed by atoms with Crippen molar-refractivity contribution in [2.45, 2.75) is 75.7 Å². The smallest absolute Gasteiger partial charge is 0.264 e. The minimum absolute atomic E-state index is 0.0142. The lowest BCUT2D eigenvalue weighted by molar-refractivity contribution is -0.162. The summed E-state index contributed by atoms with van der Waals surface area (Å²) in [5.74, 6) is -2.68. The molecule has 0 spiro atoms. The van der Waals surface area contributed by atoms with Crippen LogP contribution in [0, 0.1) is 5.82 Å². The van der Waals surface area contributed by atoms with Crippen molar-refractivity contribution >= 4 is 23.4 Å². The third kappa shape index (κ3) is 3.93. The Hall–Kier alpha value is -1.74. The maximum absolute atomic E-state index is 13.5. The largest absolute Gasteiger partial charge is 0.372 e. The Balaban J connectivity index is 1.44. The molecule has 0 aromatic heterocycles. The second-order valence-corrected chi connectivity index (χ2v) is 9.14. The van der Waals surface area contributed by atoms with Gasteiger partial charge in [0.25, 0.3) is 11.8 Å². The maximum Gasteiger partial charge on any atom is 0.264 e. The van der Waals surface area contributed by atoms with E-state index in [1.165, 1.54) is 12.1 Å². The van der Waals surface area contributed by atoms with Gasteiger partial charge in [-0.1, -0.05) is 11.6 Å². The zero-order chi connectivity index (χ0) is 21.7. The van der Waals surface area contributed by atoms with Gasteiger partial charge in [-0.2, -0.15) is 0 Å². The fourth-order valence-corrected chi connectivity index (χ4v) is 4.98. The maximum atomic E-state index is 13.5. The standard InChI is InChI=1S/C21H26ClFN2O5/c1-20(2)29-16-5-3-4-15(17(16)30-20)25-7-6-21(28,19(25)27)18(26)24-11-12-8-13(22)10-14(23)9-12/h8-10,15-17,28H,3-7,11H2,1-2H3,(H,24,26)/t15-,16-,17+,21?/m0/s1. The number of rotatable bonds is 4. The Morgan fingerprint density at radius 3 is 2.83 bits per heavy atom. The Kier molecular flexibility index (Phi) is 5.55. The van der Waals surface area contributed by atoms with Gasteiger partial charge in [0.1, 0.15) is 11.9 Å². The lowest BCUT2D eigenvalue weighted by Crippen LogP contribution is -2.56. The van der Waals surface area contributed by atoms with Crippen molar-refractivity contribution in [3.8, 4) is 0 Å². The topological polar surface area (TPSA) is 88.1 Å². The second-order valence-electron chi connectivity index (χ2n) is 8.71. The number of halogens is 2. The number of aliphatic hydroxyl groups is 1. The molecule has 2 N–H and O–H groups in total. The average Bonchev–Trinajstić information content (AvgIpc) is 3.14. The van der Waals surface area contributed by atoms with Crippen molar-refractivity contribution in [3.63, 3.8) is 0 Å². The molecule has 1 aromatic rings. The van der Waals surface area contributed by atoms with Crippen LogP contribution < -0.4 is 5.32 Å². The summed E-state index contributed by atoms with van der Waals surface area (Å²) in [7, 11) is 0. The van der Waals surface area contributed by atoms with Gasteiger partial charge in [0.05, 0.1) is 12.1 Å². The molecule has 30 heavy (non-hydrogen) atoms. The average molecular weight is 441 g/mol. The molecule has 0 radical (unpaired) electrons. The molecule has 2 heterocycles. The van der Waals surface area contributed by atoms with E-state index >= 15 is 0 Å². The van der Waals surface area contributed by atoms with E-state index in [9.17, 15) is 19.1 Å². The van der Waals surface area contributed by atoms with E-state index in [0.717, 1.165) is 25.3 Å². The van der Waals surface area contributed by atoms with E-state index in [-0.39, 0.29) is 42.8 Å². The van der Waals surface area contributed by atoms with Gasteiger partial charge in [-0.25, -0.2) is 4.39 Å². The van der Waals surface area contributed by atoms with Crippen molar-refractivity contribution in [2.75, 3.05) is 6.54 Å². The number of likely N-dealkylation sites (tertiary alicyclic amines) is 1. The Morgan fingerprint density at radius 1 is 1.33 bits per heavy atom. The second kappa shape index (κ2) is 7.75. The Morgan fingerprint density at radius 2 is 2.10 bits per heavy atom. The zero-order valence-electron chi connectivity index (χ0n) is 17.0. The lowest BCUT2D eigenvalue weighted by atomic mass is 9.89. The van der Waals surface area contributed by atoms with Gasteiger partial charge in [-0.15, -0.1) is 0 Å². The minimum atomic E-state index is -2.15. The number of hydrogen-bond donors (Lipinski definition) is 2. The summed E-state index contributed by atoms with van der Waals surface area (Å²) in [6, 6.07) is 3.66. The van der Waals surface area contributed by atoms with Gasteiger partial charge in [0.15, 0.2) is 5.79 Å². The van der Waals surface area contributed by atoms with Crippen LogP contribution in [0.4, 0.5) is 4.39 Å². The molecule has 0 bridgehead atoms. The molecule has 3 aliphatic rings. The van der Waals surface area contributed by atoms with E-state index in [1.54, 1.807) is 4.90 Å². The fourth-order valence-electron chi connectivity index (χ4n) is 4.74. The molecule has 7 nitrogen and oxygen atoms in total. The predicted molar refractivity (Wildman–Crippen MR) is 106 cm³/mol. The highest BCUT2D eigenvalue weighted by atomic mass is 35.5. The molecular weight excluding hydrogens is 415 g/mol. The molecule has 1 unspecified atom stereocenters. The Bertz CT molecular complexity index is 846. The van der Waals surface area contributed by atoms with Crippen molar-refractivity contribution in [1.29, 1.82) is 0 Å². The van der Waals surface area contributed by atoms with Gasteiger partial charge in [-0.3, -0.25) is 9.59 Å². The molecule has 2 amide bonds. The van der Waals surface area contributed by atoms with Crippen LogP contribution in [0.2, 0.25) is 5.02 Å². The summed E-state index contributed by atoms with van der Waals surface area (Å²) in [5.41, 5.74) is -1.72. The molecule has 2 aliphatic heterocycles. The number of ether oxygens (including phenoxy) is 2. The van der Waals surface area contributed by atoms with Crippen LogP contribution in [0.3, 0.4) is 0 Å².